The van der Waals surface area contributed by atoms with Crippen LogP contribution in [0, 0.1) is 0 Å². The van der Waals surface area contributed by atoms with Crippen LogP contribution in [-0.4, -0.2) is 36.9 Å². The molecule has 0 aliphatic heterocycles. The highest BCUT2D eigenvalue weighted by molar-refractivity contribution is 4.53. The summed E-state index contributed by atoms with van der Waals surface area (Å²) in [5, 5.41) is 10.9. The van der Waals surface area contributed by atoms with Crippen LogP contribution >= 0.6 is 0 Å². The maximum atomic E-state index is 9.08. The van der Waals surface area contributed by atoms with Gasteiger partial charge in [0.2, 0.25) is 0 Å². The molecule has 3 heteroatoms. The number of aliphatic hydroxyl groups is 1. The summed E-state index contributed by atoms with van der Waals surface area (Å²) < 4.78 is 0. The van der Waals surface area contributed by atoms with Crippen LogP contribution in [0.5, 0.6) is 0 Å². The van der Waals surface area contributed by atoms with Gasteiger partial charge in [0, 0.05) is 13.6 Å². The highest BCUT2D eigenvalue weighted by Crippen LogP contribution is 1.89. The fraction of sp³-hybridized carbons (Fsp3) is 1.00. The number of hydrogen-bond donors (Lipinski definition) is 2. The van der Waals surface area contributed by atoms with Crippen molar-refractivity contribution in [3.05, 3.63) is 0 Å². The molecule has 0 spiro atoms. The molecular weight excluding hydrogens is 116 g/mol. The number of nitrogens with one attached hydrogen (secondary N) is 1. The second-order valence-electron chi connectivity index (χ2n) is 2.17. The predicted octanol–water partition coefficient (Wildman–Crippen LogP) is -0.177. The fourth-order valence-corrected chi connectivity index (χ4v) is 0.537. The Hall–Kier alpha value is -0.120. The first kappa shape index (κ1) is 8.88. The van der Waals surface area contributed by atoms with Gasteiger partial charge in [0.15, 0.2) is 0 Å². The summed E-state index contributed by atoms with van der Waals surface area (Å²) in [6.07, 6.45) is 0.605. The Bertz CT molecular complexity index is 60.1. The molecule has 0 aromatic heterocycles. The fourth-order valence-electron chi connectivity index (χ4n) is 0.537. The Morgan fingerprint density at radius 1 is 1.67 bits per heavy atom. The third-order valence-corrected chi connectivity index (χ3v) is 1.34. The maximum Gasteiger partial charge on any atom is 0.0678 e. The lowest BCUT2D eigenvalue weighted by Gasteiger charge is -2.17. The molecular formula is C6H16N2O. The van der Waals surface area contributed by atoms with Gasteiger partial charge in [0.1, 0.15) is 0 Å². The zero-order chi connectivity index (χ0) is 7.28. The molecule has 9 heavy (non-hydrogen) atoms. The van der Waals surface area contributed by atoms with Gasteiger partial charge in [0.25, 0.3) is 0 Å². The van der Waals surface area contributed by atoms with Crippen molar-refractivity contribution in [2.24, 2.45) is 0 Å². The molecule has 2 N–H and O–H groups in total. The molecule has 1 unspecified atom stereocenters. The van der Waals surface area contributed by atoms with E-state index in [0.29, 0.717) is 6.54 Å². The topological polar surface area (TPSA) is 35.5 Å². The SMILES string of the molecule is CCC(O)CN(C)NC. The molecule has 0 aromatic carbocycles. The summed E-state index contributed by atoms with van der Waals surface area (Å²) in [7, 11) is 3.74. The van der Waals surface area contributed by atoms with Crippen molar-refractivity contribution in [1.29, 1.82) is 0 Å². The van der Waals surface area contributed by atoms with Gasteiger partial charge in [-0.15, -0.1) is 0 Å². The number of aliphatic hydroxyl groups excluding tert-OH is 1. The highest BCUT2D eigenvalue weighted by atomic mass is 16.3. The second-order valence-corrected chi connectivity index (χ2v) is 2.17. The zero-order valence-electron chi connectivity index (χ0n) is 6.39. The van der Waals surface area contributed by atoms with E-state index in [-0.39, 0.29) is 6.10 Å². The maximum absolute atomic E-state index is 9.08. The van der Waals surface area contributed by atoms with Gasteiger partial charge in [-0.25, -0.2) is 5.01 Å². The first-order valence-electron chi connectivity index (χ1n) is 3.27. The van der Waals surface area contributed by atoms with Crippen LogP contribution in [0.2, 0.25) is 0 Å². The molecule has 3 nitrogen and oxygen atoms in total. The van der Waals surface area contributed by atoms with Crippen molar-refractivity contribution in [1.82, 2.24) is 10.4 Å². The number of likely N-dealkylation sites (N-methyl/N-ethyl adjacent to an activating group) is 1. The van der Waals surface area contributed by atoms with E-state index in [1.54, 1.807) is 0 Å². The van der Waals surface area contributed by atoms with E-state index >= 15 is 0 Å². The Kier molecular flexibility index (Phi) is 4.67. The van der Waals surface area contributed by atoms with Crippen LogP contribution in [0.1, 0.15) is 13.3 Å². The lowest BCUT2D eigenvalue weighted by molar-refractivity contribution is 0.103. The normalized spacial score (nSPS) is 14.3. The molecule has 0 saturated heterocycles. The van der Waals surface area contributed by atoms with Gasteiger partial charge in [-0.1, -0.05) is 6.92 Å². The van der Waals surface area contributed by atoms with Gasteiger partial charge < -0.3 is 5.11 Å². The van der Waals surface area contributed by atoms with Crippen molar-refractivity contribution in [2.75, 3.05) is 20.6 Å². The molecule has 0 aromatic rings. The average Bonchev–Trinajstić information content (AvgIpc) is 1.87. The summed E-state index contributed by atoms with van der Waals surface area (Å²) in [6, 6.07) is 0. The molecule has 56 valence electrons. The van der Waals surface area contributed by atoms with E-state index in [9.17, 15) is 0 Å². The van der Waals surface area contributed by atoms with E-state index in [2.05, 4.69) is 5.43 Å². The lowest BCUT2D eigenvalue weighted by atomic mass is 10.3. The van der Waals surface area contributed by atoms with Crippen LogP contribution in [0.4, 0.5) is 0 Å². The van der Waals surface area contributed by atoms with Crippen molar-refractivity contribution in [3.63, 3.8) is 0 Å². The Morgan fingerprint density at radius 2 is 2.22 bits per heavy atom. The van der Waals surface area contributed by atoms with Crippen LogP contribution in [0.15, 0.2) is 0 Å². The van der Waals surface area contributed by atoms with Crippen LogP contribution in [-0.2, 0) is 0 Å². The summed E-state index contributed by atoms with van der Waals surface area (Å²) >= 11 is 0. The molecule has 0 amide bonds. The second kappa shape index (κ2) is 4.73. The first-order valence-corrected chi connectivity index (χ1v) is 3.27. The van der Waals surface area contributed by atoms with E-state index in [1.807, 2.05) is 26.0 Å². The molecule has 0 radical (unpaired) electrons. The van der Waals surface area contributed by atoms with Gasteiger partial charge in [-0.3, -0.25) is 5.43 Å². The monoisotopic (exact) mass is 132 g/mol. The molecule has 0 bridgehead atoms. The van der Waals surface area contributed by atoms with Crippen LogP contribution in [0.3, 0.4) is 0 Å². The van der Waals surface area contributed by atoms with Crippen molar-refractivity contribution in [3.8, 4) is 0 Å². The van der Waals surface area contributed by atoms with E-state index in [0.717, 1.165) is 6.42 Å². The Balaban J connectivity index is 3.22. The summed E-state index contributed by atoms with van der Waals surface area (Å²) in [4.78, 5) is 0. The number of hydrogen-bond acceptors (Lipinski definition) is 3. The molecule has 0 rings (SSSR count). The average molecular weight is 132 g/mol. The number of rotatable bonds is 4. The van der Waals surface area contributed by atoms with E-state index in [4.69, 9.17) is 5.11 Å². The third-order valence-electron chi connectivity index (χ3n) is 1.34. The first-order chi connectivity index (χ1) is 4.20. The molecule has 0 fully saturated rings. The Morgan fingerprint density at radius 3 is 2.56 bits per heavy atom. The molecule has 1 atom stereocenters. The minimum absolute atomic E-state index is 0.206. The van der Waals surface area contributed by atoms with Crippen molar-refractivity contribution in [2.45, 2.75) is 19.4 Å². The number of hydrazine groups is 1. The van der Waals surface area contributed by atoms with Crippen LogP contribution in [0.25, 0.3) is 0 Å². The number of nitrogens with zero attached hydrogens (tertiary/aromatic N) is 1. The lowest BCUT2D eigenvalue weighted by Crippen LogP contribution is -2.37. The van der Waals surface area contributed by atoms with E-state index < -0.39 is 0 Å². The largest absolute Gasteiger partial charge is 0.392 e. The van der Waals surface area contributed by atoms with Gasteiger partial charge in [0.05, 0.1) is 6.10 Å². The summed E-state index contributed by atoms with van der Waals surface area (Å²) in [6.45, 7) is 2.65. The summed E-state index contributed by atoms with van der Waals surface area (Å²) in [5.41, 5.74) is 2.90. The standard InChI is InChI=1S/C6H16N2O/c1-4-6(9)5-8(3)7-2/h6-7,9H,4-5H2,1-3H3. The minimum Gasteiger partial charge on any atom is -0.392 e. The van der Waals surface area contributed by atoms with Gasteiger partial charge in [-0.05, 0) is 13.5 Å². The zero-order valence-corrected chi connectivity index (χ0v) is 6.39. The van der Waals surface area contributed by atoms with E-state index in [1.165, 1.54) is 0 Å². The van der Waals surface area contributed by atoms with Gasteiger partial charge in [-0.2, -0.15) is 0 Å². The molecule has 0 aliphatic rings. The third kappa shape index (κ3) is 4.39. The smallest absolute Gasteiger partial charge is 0.0678 e. The summed E-state index contributed by atoms with van der Waals surface area (Å²) in [5.74, 6) is 0. The highest BCUT2D eigenvalue weighted by Gasteiger charge is 2.01. The molecule has 0 aliphatic carbocycles. The molecule has 0 saturated carbocycles. The quantitative estimate of drug-likeness (QED) is 0.521. The molecule has 0 heterocycles. The van der Waals surface area contributed by atoms with Crippen molar-refractivity contribution >= 4 is 0 Å². The van der Waals surface area contributed by atoms with Crippen LogP contribution < -0.4 is 5.43 Å². The van der Waals surface area contributed by atoms with Crippen molar-refractivity contribution < 1.29 is 5.11 Å². The predicted molar refractivity (Wildman–Crippen MR) is 38.0 cm³/mol. The Labute approximate surface area is 56.6 Å². The van der Waals surface area contributed by atoms with Gasteiger partial charge >= 0.3 is 0 Å². The minimum atomic E-state index is -0.206.